The second-order valence-corrected chi connectivity index (χ2v) is 7.11. The molecule has 2 aromatic carbocycles. The molecular weight excluding hydrogens is 352 g/mol. The minimum atomic E-state index is -3.63. The number of carbonyl (C=O) groups is 1. The molecule has 128 valence electrons. The van der Waals surface area contributed by atoms with E-state index in [4.69, 9.17) is 16.3 Å². The van der Waals surface area contributed by atoms with Gasteiger partial charge in [0.15, 0.2) is 0 Å². The van der Waals surface area contributed by atoms with Crippen LogP contribution in [0.4, 0.5) is 5.69 Å². The number of hydrogen-bond acceptors (Lipinski definition) is 4. The van der Waals surface area contributed by atoms with Crippen molar-refractivity contribution in [3.05, 3.63) is 53.6 Å². The van der Waals surface area contributed by atoms with Crippen molar-refractivity contribution in [2.75, 3.05) is 18.5 Å². The fourth-order valence-electron chi connectivity index (χ4n) is 1.88. The van der Waals surface area contributed by atoms with Crippen molar-refractivity contribution in [3.8, 4) is 5.75 Å². The Hall–Kier alpha value is -2.09. The van der Waals surface area contributed by atoms with Crippen LogP contribution in [0.3, 0.4) is 0 Å². The Labute approximate surface area is 145 Å². The summed E-state index contributed by atoms with van der Waals surface area (Å²) in [6.07, 6.45) is 0. The highest BCUT2D eigenvalue weighted by atomic mass is 35.5. The van der Waals surface area contributed by atoms with E-state index in [-0.39, 0.29) is 24.0 Å². The van der Waals surface area contributed by atoms with Crippen LogP contribution in [-0.4, -0.2) is 27.5 Å². The molecule has 0 aromatic heterocycles. The maximum atomic E-state index is 12.2. The Morgan fingerprint density at radius 1 is 1.08 bits per heavy atom. The van der Waals surface area contributed by atoms with Crippen LogP contribution >= 0.6 is 11.6 Å². The summed E-state index contributed by atoms with van der Waals surface area (Å²) in [4.78, 5) is 11.1. The van der Waals surface area contributed by atoms with Gasteiger partial charge in [-0.1, -0.05) is 11.6 Å². The van der Waals surface area contributed by atoms with Crippen LogP contribution in [0.5, 0.6) is 5.75 Å². The van der Waals surface area contributed by atoms with E-state index < -0.39 is 10.0 Å². The van der Waals surface area contributed by atoms with Gasteiger partial charge in [-0.2, -0.15) is 0 Å². The third-order valence-electron chi connectivity index (χ3n) is 2.96. The first kappa shape index (κ1) is 18.3. The van der Waals surface area contributed by atoms with Crippen molar-refractivity contribution < 1.29 is 17.9 Å². The van der Waals surface area contributed by atoms with Crippen molar-refractivity contribution in [3.63, 3.8) is 0 Å². The summed E-state index contributed by atoms with van der Waals surface area (Å²) in [7, 11) is -3.63. The van der Waals surface area contributed by atoms with E-state index in [1.54, 1.807) is 24.3 Å². The average Bonchev–Trinajstić information content (AvgIpc) is 2.53. The third kappa shape index (κ3) is 5.52. The lowest BCUT2D eigenvalue weighted by Gasteiger charge is -2.09. The van der Waals surface area contributed by atoms with Gasteiger partial charge in [0.2, 0.25) is 15.9 Å². The van der Waals surface area contributed by atoms with E-state index in [9.17, 15) is 13.2 Å². The Morgan fingerprint density at radius 3 is 2.29 bits per heavy atom. The molecule has 0 heterocycles. The van der Waals surface area contributed by atoms with Crippen molar-refractivity contribution in [1.82, 2.24) is 4.72 Å². The molecule has 0 aliphatic carbocycles. The van der Waals surface area contributed by atoms with E-state index in [0.717, 1.165) is 0 Å². The van der Waals surface area contributed by atoms with E-state index >= 15 is 0 Å². The molecule has 2 rings (SSSR count). The zero-order valence-corrected chi connectivity index (χ0v) is 14.5. The van der Waals surface area contributed by atoms with Gasteiger partial charge in [-0.15, -0.1) is 0 Å². The number of amides is 1. The van der Waals surface area contributed by atoms with Gasteiger partial charge in [-0.3, -0.25) is 4.79 Å². The highest BCUT2D eigenvalue weighted by Crippen LogP contribution is 2.16. The molecule has 0 spiro atoms. The van der Waals surface area contributed by atoms with E-state index in [0.29, 0.717) is 16.5 Å². The van der Waals surface area contributed by atoms with Crippen LogP contribution in [0.25, 0.3) is 0 Å². The number of benzene rings is 2. The van der Waals surface area contributed by atoms with E-state index in [2.05, 4.69) is 10.0 Å². The maximum absolute atomic E-state index is 12.2. The monoisotopic (exact) mass is 368 g/mol. The second-order valence-electron chi connectivity index (χ2n) is 4.91. The normalized spacial score (nSPS) is 11.1. The first-order valence-electron chi connectivity index (χ1n) is 7.12. The van der Waals surface area contributed by atoms with E-state index in [1.165, 1.54) is 31.2 Å². The largest absolute Gasteiger partial charge is 0.492 e. The molecule has 0 radical (unpaired) electrons. The summed E-state index contributed by atoms with van der Waals surface area (Å²) in [6, 6.07) is 12.7. The quantitative estimate of drug-likeness (QED) is 0.736. The number of nitrogens with one attached hydrogen (secondary N) is 2. The molecule has 0 saturated heterocycles. The lowest BCUT2D eigenvalue weighted by atomic mass is 10.3. The molecule has 8 heteroatoms. The zero-order valence-electron chi connectivity index (χ0n) is 13.0. The number of ether oxygens (including phenoxy) is 1. The van der Waals surface area contributed by atoms with Crippen LogP contribution in [0.2, 0.25) is 5.02 Å². The van der Waals surface area contributed by atoms with Gasteiger partial charge < -0.3 is 10.1 Å². The molecule has 0 aliphatic rings. The van der Waals surface area contributed by atoms with Gasteiger partial charge in [0.05, 0.1) is 4.90 Å². The number of hydrogen-bond donors (Lipinski definition) is 2. The standard InChI is InChI=1S/C16H17ClN2O4S/c1-12(20)19-14-4-8-16(9-5-14)24(21,22)18-10-11-23-15-6-2-13(17)3-7-15/h2-9,18H,10-11H2,1H3,(H,19,20). The second kappa shape index (κ2) is 8.14. The minimum absolute atomic E-state index is 0.114. The van der Waals surface area contributed by atoms with Gasteiger partial charge in [0.25, 0.3) is 0 Å². The number of sulfonamides is 1. The SMILES string of the molecule is CC(=O)Nc1ccc(S(=O)(=O)NCCOc2ccc(Cl)cc2)cc1. The predicted molar refractivity (Wildman–Crippen MR) is 92.9 cm³/mol. The van der Waals surface area contributed by atoms with Crippen molar-refractivity contribution >= 4 is 33.2 Å². The van der Waals surface area contributed by atoms with Crippen LogP contribution in [0.15, 0.2) is 53.4 Å². The maximum Gasteiger partial charge on any atom is 0.240 e. The summed E-state index contributed by atoms with van der Waals surface area (Å²) < 4.78 is 32.2. The zero-order chi connectivity index (χ0) is 17.6. The Morgan fingerprint density at radius 2 is 1.71 bits per heavy atom. The fourth-order valence-corrected chi connectivity index (χ4v) is 3.02. The van der Waals surface area contributed by atoms with Gasteiger partial charge in [0, 0.05) is 24.2 Å². The van der Waals surface area contributed by atoms with Crippen molar-refractivity contribution in [2.24, 2.45) is 0 Å². The highest BCUT2D eigenvalue weighted by molar-refractivity contribution is 7.89. The van der Waals surface area contributed by atoms with Crippen LogP contribution < -0.4 is 14.8 Å². The Bertz CT molecular complexity index is 790. The summed E-state index contributed by atoms with van der Waals surface area (Å²) >= 11 is 5.77. The summed E-state index contributed by atoms with van der Waals surface area (Å²) in [6.45, 7) is 1.69. The third-order valence-corrected chi connectivity index (χ3v) is 4.69. The molecule has 1 amide bonds. The fraction of sp³-hybridized carbons (Fsp3) is 0.188. The Balaban J connectivity index is 1.86. The van der Waals surface area contributed by atoms with Crippen LogP contribution in [0, 0.1) is 0 Å². The molecule has 2 aromatic rings. The highest BCUT2D eigenvalue weighted by Gasteiger charge is 2.13. The topological polar surface area (TPSA) is 84.5 Å². The molecule has 6 nitrogen and oxygen atoms in total. The van der Waals surface area contributed by atoms with Crippen molar-refractivity contribution in [2.45, 2.75) is 11.8 Å². The Kier molecular flexibility index (Phi) is 6.19. The number of anilines is 1. The number of carbonyl (C=O) groups excluding carboxylic acids is 1. The summed E-state index contributed by atoms with van der Waals surface area (Å²) in [5, 5.41) is 3.18. The average molecular weight is 369 g/mol. The number of rotatable bonds is 7. The summed E-state index contributed by atoms with van der Waals surface area (Å²) in [5.74, 6) is 0.390. The smallest absolute Gasteiger partial charge is 0.240 e. The molecule has 0 atom stereocenters. The predicted octanol–water partition coefficient (Wildman–Crippen LogP) is 2.66. The molecule has 24 heavy (non-hydrogen) atoms. The van der Waals surface area contributed by atoms with Gasteiger partial charge in [-0.25, -0.2) is 13.1 Å². The molecule has 0 bridgehead atoms. The van der Waals surface area contributed by atoms with Gasteiger partial charge in [-0.05, 0) is 48.5 Å². The van der Waals surface area contributed by atoms with Crippen LogP contribution in [0.1, 0.15) is 6.92 Å². The van der Waals surface area contributed by atoms with Crippen LogP contribution in [-0.2, 0) is 14.8 Å². The van der Waals surface area contributed by atoms with Gasteiger partial charge in [0.1, 0.15) is 12.4 Å². The lowest BCUT2D eigenvalue weighted by Crippen LogP contribution is -2.28. The first-order chi connectivity index (χ1) is 11.4. The lowest BCUT2D eigenvalue weighted by molar-refractivity contribution is -0.114. The van der Waals surface area contributed by atoms with E-state index in [1.807, 2.05) is 0 Å². The molecule has 2 N–H and O–H groups in total. The molecular formula is C16H17ClN2O4S. The molecule has 0 fully saturated rings. The number of halogens is 1. The minimum Gasteiger partial charge on any atom is -0.492 e. The van der Waals surface area contributed by atoms with Gasteiger partial charge >= 0.3 is 0 Å². The van der Waals surface area contributed by atoms with Crippen molar-refractivity contribution in [1.29, 1.82) is 0 Å². The molecule has 0 aliphatic heterocycles. The first-order valence-corrected chi connectivity index (χ1v) is 8.98. The molecule has 0 saturated carbocycles. The summed E-state index contributed by atoms with van der Waals surface area (Å²) in [5.41, 5.74) is 0.535. The molecule has 0 unspecified atom stereocenters.